The Morgan fingerprint density at radius 3 is 1.62 bits per heavy atom. The monoisotopic (exact) mass is 394 g/mol. The number of rotatable bonds is 1. The van der Waals surface area contributed by atoms with Crippen molar-refractivity contribution >= 4 is 13.4 Å². The molecule has 1 aliphatic rings. The van der Waals surface area contributed by atoms with Gasteiger partial charge in [0.15, 0.2) is 0 Å². The van der Waals surface area contributed by atoms with E-state index in [1.807, 2.05) is 0 Å². The Morgan fingerprint density at radius 2 is 1.33 bits per heavy atom. The number of hydrogen-bond donors (Lipinski definition) is 3. The van der Waals surface area contributed by atoms with Crippen molar-refractivity contribution in [3.05, 3.63) is 7.05 Å². The number of hydrogen-bond acceptors (Lipinski definition) is 6. The van der Waals surface area contributed by atoms with Crippen LogP contribution in [0.25, 0.3) is 0 Å². The zero-order valence-corrected chi connectivity index (χ0v) is 15.6. The average Bonchev–Trinajstić information content (AvgIpc) is 2.33. The van der Waals surface area contributed by atoms with E-state index in [2.05, 4.69) is 11.8 Å². The van der Waals surface area contributed by atoms with Crippen molar-refractivity contribution in [2.24, 2.45) is 0 Å². The molecule has 7 nitrogen and oxygen atoms in total. The number of ether oxygens (including phenoxy) is 1. The molecular weight excluding hydrogens is 380 g/mol. The molecule has 0 aromatic carbocycles. The van der Waals surface area contributed by atoms with E-state index >= 15 is 0 Å². The number of alkyl halides is 6. The summed E-state index contributed by atoms with van der Waals surface area (Å²) in [7, 11) is 1.36. The predicted molar refractivity (Wildman–Crippen MR) is 63.3 cm³/mol. The molecule has 1 rings (SSSR count). The molecule has 0 radical (unpaired) electrons. The SMILES string of the molecule is OB(O)O.[CH2-]N1CCN(C(=O)OC(C(F)(F)F)C(F)(F)F)CC1.[K+]. The van der Waals surface area contributed by atoms with Gasteiger partial charge in [-0.25, -0.2) is 4.79 Å². The van der Waals surface area contributed by atoms with Crippen LogP contribution < -0.4 is 51.4 Å². The van der Waals surface area contributed by atoms with Gasteiger partial charge in [-0.1, -0.05) is 0 Å². The van der Waals surface area contributed by atoms with E-state index in [1.54, 1.807) is 0 Å². The van der Waals surface area contributed by atoms with E-state index in [4.69, 9.17) is 15.1 Å². The maximum absolute atomic E-state index is 12.2. The van der Waals surface area contributed by atoms with Gasteiger partial charge in [0.05, 0.1) is 0 Å². The molecule has 0 bridgehead atoms. The van der Waals surface area contributed by atoms with Crippen LogP contribution in [0.1, 0.15) is 0 Å². The summed E-state index contributed by atoms with van der Waals surface area (Å²) in [5, 5.41) is 21.5. The number of halogens is 6. The molecule has 0 aromatic rings. The Labute approximate surface area is 176 Å². The van der Waals surface area contributed by atoms with Crippen molar-refractivity contribution in [3.63, 3.8) is 0 Å². The van der Waals surface area contributed by atoms with Gasteiger partial charge >= 0.3 is 77.2 Å². The van der Waals surface area contributed by atoms with Crippen LogP contribution >= 0.6 is 0 Å². The van der Waals surface area contributed by atoms with E-state index in [-0.39, 0.29) is 77.6 Å². The summed E-state index contributed by atoms with van der Waals surface area (Å²) in [5.41, 5.74) is 0. The molecule has 15 heteroatoms. The van der Waals surface area contributed by atoms with E-state index in [9.17, 15) is 31.1 Å². The van der Waals surface area contributed by atoms with Crippen molar-refractivity contribution < 1.29 is 102 Å². The van der Waals surface area contributed by atoms with Crippen LogP contribution in [0.4, 0.5) is 31.1 Å². The maximum Gasteiger partial charge on any atom is 1.00 e. The Kier molecular flexibility index (Phi) is 12.4. The normalized spacial score (nSPS) is 16.0. The third kappa shape index (κ3) is 11.1. The van der Waals surface area contributed by atoms with Gasteiger partial charge in [0.1, 0.15) is 0 Å². The standard InChI is InChI=1S/C9H11F6N2O2.BH3O3.K/c1-16-2-4-17(5-3-16)7(18)19-6(8(10,11)12)9(13,14)15;2-1(3)4;/h6H,1-5H2;2-4H;/q-1;;+1. The molecule has 0 saturated carbocycles. The minimum Gasteiger partial charge on any atom is -0.456 e. The number of carbonyl (C=O) groups is 1. The minimum atomic E-state index is -5.69. The number of carbonyl (C=O) groups excluding carboxylic acids is 1. The number of nitrogens with zero attached hydrogens (tertiary/aromatic N) is 2. The first kappa shape index (κ1) is 26.6. The molecule has 1 aliphatic heterocycles. The third-order valence-electron chi connectivity index (χ3n) is 2.44. The molecule has 3 N–H and O–H groups in total. The fourth-order valence-electron chi connectivity index (χ4n) is 1.43. The zero-order valence-electron chi connectivity index (χ0n) is 12.5. The second-order valence-electron chi connectivity index (χ2n) is 4.30. The first-order valence-corrected chi connectivity index (χ1v) is 5.93. The van der Waals surface area contributed by atoms with Crippen LogP contribution in [-0.2, 0) is 4.74 Å². The van der Waals surface area contributed by atoms with Crippen molar-refractivity contribution in [1.29, 1.82) is 0 Å². The molecule has 1 heterocycles. The van der Waals surface area contributed by atoms with Crippen LogP contribution in [0.2, 0.25) is 0 Å². The van der Waals surface area contributed by atoms with Crippen LogP contribution in [0.3, 0.4) is 0 Å². The maximum atomic E-state index is 12.2. The minimum absolute atomic E-state index is 0. The molecular formula is C9H14BF6KN2O5. The summed E-state index contributed by atoms with van der Waals surface area (Å²) in [6.45, 7) is 0.422. The first-order chi connectivity index (χ1) is 10.2. The Bertz CT molecular complexity index is 362. The molecule has 1 amide bonds. The summed E-state index contributed by atoms with van der Waals surface area (Å²) >= 11 is 0. The topological polar surface area (TPSA) is 93.5 Å². The molecule has 1 saturated heterocycles. The predicted octanol–water partition coefficient (Wildman–Crippen LogP) is -3.02. The van der Waals surface area contributed by atoms with Gasteiger partial charge in [-0.2, -0.15) is 26.3 Å². The largest absolute Gasteiger partial charge is 1.00 e. The molecule has 24 heavy (non-hydrogen) atoms. The molecule has 0 atom stereocenters. The van der Waals surface area contributed by atoms with Gasteiger partial charge in [0.25, 0.3) is 6.10 Å². The molecule has 0 aromatic heterocycles. The second-order valence-corrected chi connectivity index (χ2v) is 4.30. The quantitative estimate of drug-likeness (QED) is 0.249. The summed E-state index contributed by atoms with van der Waals surface area (Å²) in [6, 6.07) is 0. The van der Waals surface area contributed by atoms with Crippen LogP contribution in [0, 0.1) is 7.05 Å². The van der Waals surface area contributed by atoms with Crippen LogP contribution in [0.15, 0.2) is 0 Å². The number of amides is 1. The molecule has 0 spiro atoms. The Balaban J connectivity index is 0. The average molecular weight is 394 g/mol. The molecule has 136 valence electrons. The summed E-state index contributed by atoms with van der Waals surface area (Å²) in [4.78, 5) is 13.6. The van der Waals surface area contributed by atoms with Gasteiger partial charge in [-0.05, 0) is 13.1 Å². The molecule has 0 aliphatic carbocycles. The second kappa shape index (κ2) is 11.2. The van der Waals surface area contributed by atoms with Crippen molar-refractivity contribution in [1.82, 2.24) is 9.80 Å². The van der Waals surface area contributed by atoms with Crippen LogP contribution in [0.5, 0.6) is 0 Å². The number of piperazine rings is 1. The summed E-state index contributed by atoms with van der Waals surface area (Å²) in [5.74, 6) is 0. The van der Waals surface area contributed by atoms with Gasteiger partial charge in [-0.3, -0.25) is 7.05 Å². The van der Waals surface area contributed by atoms with Gasteiger partial charge < -0.3 is 29.6 Å². The smallest absolute Gasteiger partial charge is 0.456 e. The van der Waals surface area contributed by atoms with Crippen molar-refractivity contribution in [2.75, 3.05) is 26.2 Å². The molecule has 0 unspecified atom stereocenters. The van der Waals surface area contributed by atoms with Crippen molar-refractivity contribution in [2.45, 2.75) is 18.5 Å². The fourth-order valence-corrected chi connectivity index (χ4v) is 1.43. The van der Waals surface area contributed by atoms with E-state index in [0.29, 0.717) is 0 Å². The fraction of sp³-hybridized carbons (Fsp3) is 0.778. The van der Waals surface area contributed by atoms with E-state index in [1.165, 1.54) is 4.90 Å². The zero-order chi connectivity index (χ0) is 18.4. The molecule has 1 fully saturated rings. The third-order valence-corrected chi connectivity index (χ3v) is 2.44. The summed E-state index contributed by atoms with van der Waals surface area (Å²) in [6.07, 6.45) is -17.1. The van der Waals surface area contributed by atoms with E-state index < -0.39 is 31.9 Å². The van der Waals surface area contributed by atoms with Crippen LogP contribution in [-0.4, -0.2) is 82.9 Å². The Hall–Kier alpha value is 0.391. The first-order valence-electron chi connectivity index (χ1n) is 5.93. The van der Waals surface area contributed by atoms with Crippen molar-refractivity contribution in [3.8, 4) is 0 Å². The Morgan fingerprint density at radius 1 is 1.00 bits per heavy atom. The van der Waals surface area contributed by atoms with Gasteiger partial charge in [0.2, 0.25) is 0 Å². The van der Waals surface area contributed by atoms with Gasteiger partial charge in [-0.15, -0.1) is 0 Å². The van der Waals surface area contributed by atoms with Gasteiger partial charge in [0, 0.05) is 13.1 Å². The van der Waals surface area contributed by atoms with E-state index in [0.717, 1.165) is 4.90 Å². The summed E-state index contributed by atoms with van der Waals surface area (Å²) < 4.78 is 76.6.